The molecule has 3 rings (SSSR count). The van der Waals surface area contributed by atoms with Crippen LogP contribution in [0.4, 0.5) is 11.6 Å². The molecule has 2 heterocycles. The number of piperazine rings is 1. The fraction of sp³-hybridized carbons (Fsp3) is 0.476. The second-order valence-corrected chi connectivity index (χ2v) is 6.97. The second-order valence-electron chi connectivity index (χ2n) is 6.97. The fourth-order valence-corrected chi connectivity index (χ4v) is 3.35. The van der Waals surface area contributed by atoms with Crippen LogP contribution in [0.3, 0.4) is 0 Å². The first-order valence-corrected chi connectivity index (χ1v) is 9.85. The zero-order chi connectivity index (χ0) is 19.9. The molecule has 150 valence electrons. The van der Waals surface area contributed by atoms with Gasteiger partial charge in [0.15, 0.2) is 0 Å². The zero-order valence-electron chi connectivity index (χ0n) is 17.0. The topological polar surface area (TPSA) is 61.8 Å². The normalized spacial score (nSPS) is 14.1. The first-order valence-electron chi connectivity index (χ1n) is 9.85. The predicted molar refractivity (Wildman–Crippen MR) is 111 cm³/mol. The molecule has 1 fully saturated rings. The van der Waals surface area contributed by atoms with Crippen molar-refractivity contribution >= 4 is 17.5 Å². The Hall–Kier alpha value is -2.83. The molecule has 0 bridgehead atoms. The lowest BCUT2D eigenvalue weighted by molar-refractivity contribution is 0.0740. The molecule has 0 spiro atoms. The molecule has 1 saturated heterocycles. The molecule has 7 heteroatoms. The van der Waals surface area contributed by atoms with Crippen molar-refractivity contribution in [2.45, 2.75) is 19.8 Å². The molecule has 1 aliphatic rings. The highest BCUT2D eigenvalue weighted by molar-refractivity contribution is 5.92. The van der Waals surface area contributed by atoms with Gasteiger partial charge in [-0.2, -0.15) is 0 Å². The number of carbonyl (C=O) groups is 1. The van der Waals surface area contributed by atoms with Crippen LogP contribution >= 0.6 is 0 Å². The number of ether oxygens (including phenoxy) is 1. The molecule has 0 aliphatic carbocycles. The molecule has 0 N–H and O–H groups in total. The maximum atomic E-state index is 12.9. The van der Waals surface area contributed by atoms with Gasteiger partial charge in [0.2, 0.25) is 5.95 Å². The van der Waals surface area contributed by atoms with Gasteiger partial charge in [-0.3, -0.25) is 4.79 Å². The molecule has 0 saturated carbocycles. The van der Waals surface area contributed by atoms with Crippen LogP contribution in [-0.2, 0) is 0 Å². The molecule has 1 aromatic heterocycles. The summed E-state index contributed by atoms with van der Waals surface area (Å²) in [6.45, 7) is 5.87. The summed E-state index contributed by atoms with van der Waals surface area (Å²) in [7, 11) is 3.65. The summed E-state index contributed by atoms with van der Waals surface area (Å²) in [5.41, 5.74) is 1.53. The van der Waals surface area contributed by atoms with Gasteiger partial charge in [-0.15, -0.1) is 0 Å². The highest BCUT2D eigenvalue weighted by atomic mass is 16.5. The highest BCUT2D eigenvalue weighted by Gasteiger charge is 2.24. The van der Waals surface area contributed by atoms with Gasteiger partial charge in [-0.25, -0.2) is 9.97 Å². The summed E-state index contributed by atoms with van der Waals surface area (Å²) < 4.78 is 5.46. The average molecular weight is 383 g/mol. The Morgan fingerprint density at radius 2 is 1.93 bits per heavy atom. The zero-order valence-corrected chi connectivity index (χ0v) is 17.0. The van der Waals surface area contributed by atoms with Gasteiger partial charge in [0.05, 0.1) is 12.8 Å². The van der Waals surface area contributed by atoms with Crippen LogP contribution in [0, 0.1) is 0 Å². The van der Waals surface area contributed by atoms with Crippen LogP contribution in [0.25, 0.3) is 0 Å². The molecule has 0 atom stereocenters. The van der Waals surface area contributed by atoms with E-state index in [1.165, 1.54) is 0 Å². The van der Waals surface area contributed by atoms with E-state index in [1.807, 2.05) is 35.0 Å². The van der Waals surface area contributed by atoms with E-state index in [0.717, 1.165) is 43.9 Å². The monoisotopic (exact) mass is 383 g/mol. The SMILES string of the molecule is CCCCN(C)c1nccc(C(=O)N2CCN(c3ccccc3OC)CC2)n1. The Balaban J connectivity index is 1.64. The van der Waals surface area contributed by atoms with Gasteiger partial charge in [-0.05, 0) is 24.6 Å². The van der Waals surface area contributed by atoms with Crippen molar-refractivity contribution in [1.29, 1.82) is 0 Å². The van der Waals surface area contributed by atoms with Gasteiger partial charge in [-0.1, -0.05) is 25.5 Å². The van der Waals surface area contributed by atoms with E-state index in [0.29, 0.717) is 24.7 Å². The quantitative estimate of drug-likeness (QED) is 0.733. The van der Waals surface area contributed by atoms with Crippen LogP contribution in [0.2, 0.25) is 0 Å². The third-order valence-electron chi connectivity index (χ3n) is 5.04. The lowest BCUT2D eigenvalue weighted by Crippen LogP contribution is -2.49. The maximum absolute atomic E-state index is 12.9. The Morgan fingerprint density at radius 1 is 1.18 bits per heavy atom. The molecule has 2 aromatic rings. The van der Waals surface area contributed by atoms with Crippen LogP contribution in [0.15, 0.2) is 36.5 Å². The van der Waals surface area contributed by atoms with Crippen LogP contribution in [0.1, 0.15) is 30.3 Å². The van der Waals surface area contributed by atoms with Gasteiger partial charge in [0.25, 0.3) is 5.91 Å². The van der Waals surface area contributed by atoms with Crippen LogP contribution in [0.5, 0.6) is 5.75 Å². The van der Waals surface area contributed by atoms with Crippen LogP contribution in [-0.4, -0.2) is 67.7 Å². The summed E-state index contributed by atoms with van der Waals surface area (Å²) in [5.74, 6) is 1.43. The van der Waals surface area contributed by atoms with E-state index >= 15 is 0 Å². The lowest BCUT2D eigenvalue weighted by atomic mass is 10.2. The number of methoxy groups -OCH3 is 1. The standard InChI is InChI=1S/C21H29N5O2/c1-4-5-12-24(2)21-22-11-10-17(23-21)20(27)26-15-13-25(14-16-26)18-8-6-7-9-19(18)28-3/h6-11H,4-5,12-16H2,1-3H3. The van der Waals surface area contributed by atoms with Crippen molar-refractivity contribution in [1.82, 2.24) is 14.9 Å². The summed E-state index contributed by atoms with van der Waals surface area (Å²) in [6.07, 6.45) is 3.85. The van der Waals surface area contributed by atoms with E-state index in [2.05, 4.69) is 27.9 Å². The minimum Gasteiger partial charge on any atom is -0.495 e. The van der Waals surface area contributed by atoms with Crippen molar-refractivity contribution in [2.75, 3.05) is 56.7 Å². The molecule has 28 heavy (non-hydrogen) atoms. The van der Waals surface area contributed by atoms with Crippen molar-refractivity contribution in [3.63, 3.8) is 0 Å². The van der Waals surface area contributed by atoms with E-state index in [9.17, 15) is 4.79 Å². The molecule has 1 aliphatic heterocycles. The largest absolute Gasteiger partial charge is 0.495 e. The summed E-state index contributed by atoms with van der Waals surface area (Å²) >= 11 is 0. The molecule has 1 aromatic carbocycles. The summed E-state index contributed by atoms with van der Waals surface area (Å²) in [4.78, 5) is 27.9. The van der Waals surface area contributed by atoms with Gasteiger partial charge in [0, 0.05) is 46.0 Å². The number of hydrogen-bond acceptors (Lipinski definition) is 6. The number of carbonyl (C=O) groups excluding carboxylic acids is 1. The second kappa shape index (κ2) is 9.39. The first kappa shape index (κ1) is 19.9. The van der Waals surface area contributed by atoms with Gasteiger partial charge >= 0.3 is 0 Å². The Morgan fingerprint density at radius 3 is 2.64 bits per heavy atom. The number of anilines is 2. The predicted octanol–water partition coefficient (Wildman–Crippen LogP) is 2.68. The molecule has 0 unspecified atom stereocenters. The average Bonchev–Trinajstić information content (AvgIpc) is 2.77. The van der Waals surface area contributed by atoms with E-state index in [4.69, 9.17) is 4.74 Å². The number of para-hydroxylation sites is 2. The summed E-state index contributed by atoms with van der Waals surface area (Å²) in [6, 6.07) is 9.69. The fourth-order valence-electron chi connectivity index (χ4n) is 3.35. The van der Waals surface area contributed by atoms with Crippen molar-refractivity contribution in [3.8, 4) is 5.75 Å². The third-order valence-corrected chi connectivity index (χ3v) is 5.04. The number of aromatic nitrogens is 2. The Kier molecular flexibility index (Phi) is 6.68. The first-order chi connectivity index (χ1) is 13.6. The molecule has 1 amide bonds. The van der Waals surface area contributed by atoms with Crippen molar-refractivity contribution in [2.24, 2.45) is 0 Å². The maximum Gasteiger partial charge on any atom is 0.272 e. The third kappa shape index (κ3) is 4.52. The number of nitrogens with zero attached hydrogens (tertiary/aromatic N) is 5. The lowest BCUT2D eigenvalue weighted by Gasteiger charge is -2.36. The number of amides is 1. The van der Waals surface area contributed by atoms with Crippen LogP contribution < -0.4 is 14.5 Å². The molecule has 7 nitrogen and oxygen atoms in total. The smallest absolute Gasteiger partial charge is 0.272 e. The Bertz CT molecular complexity index is 790. The van der Waals surface area contributed by atoms with Crippen molar-refractivity contribution in [3.05, 3.63) is 42.2 Å². The minimum atomic E-state index is -0.0350. The molecule has 0 radical (unpaired) electrons. The van der Waals surface area contributed by atoms with E-state index < -0.39 is 0 Å². The van der Waals surface area contributed by atoms with E-state index in [-0.39, 0.29) is 5.91 Å². The number of benzene rings is 1. The molecular weight excluding hydrogens is 354 g/mol. The van der Waals surface area contributed by atoms with Crippen molar-refractivity contribution < 1.29 is 9.53 Å². The number of rotatable bonds is 7. The number of hydrogen-bond donors (Lipinski definition) is 0. The molecular formula is C21H29N5O2. The summed E-state index contributed by atoms with van der Waals surface area (Å²) in [5, 5.41) is 0. The highest BCUT2D eigenvalue weighted by Crippen LogP contribution is 2.28. The number of unbranched alkanes of at least 4 members (excludes halogenated alkanes) is 1. The minimum absolute atomic E-state index is 0.0350. The van der Waals surface area contributed by atoms with Gasteiger partial charge < -0.3 is 19.4 Å². The Labute approximate surface area is 166 Å². The van der Waals surface area contributed by atoms with Gasteiger partial charge in [0.1, 0.15) is 11.4 Å². The van der Waals surface area contributed by atoms with E-state index in [1.54, 1.807) is 19.4 Å².